The Hall–Kier alpha value is -2.21. The van der Waals surface area contributed by atoms with Gasteiger partial charge >= 0.3 is 0 Å². The van der Waals surface area contributed by atoms with Crippen molar-refractivity contribution in [2.24, 2.45) is 10.9 Å². The number of fused-ring (bicyclic) bond motifs is 3. The lowest BCUT2D eigenvalue weighted by Crippen LogP contribution is -2.61. The average molecular weight is 326 g/mol. The summed E-state index contributed by atoms with van der Waals surface area (Å²) >= 11 is 0. The van der Waals surface area contributed by atoms with E-state index in [1.54, 1.807) is 6.07 Å². The molecule has 6 heteroatoms. The zero-order chi connectivity index (χ0) is 16.1. The van der Waals surface area contributed by atoms with Crippen LogP contribution in [0.25, 0.3) is 10.8 Å². The second-order valence-corrected chi connectivity index (χ2v) is 6.98. The van der Waals surface area contributed by atoms with Crippen molar-refractivity contribution in [3.05, 3.63) is 36.3 Å². The van der Waals surface area contributed by atoms with Crippen molar-refractivity contribution in [1.82, 2.24) is 9.88 Å². The molecule has 0 amide bonds. The van der Waals surface area contributed by atoms with Crippen LogP contribution in [0.5, 0.6) is 0 Å². The molecule has 2 bridgehead atoms. The fourth-order valence-corrected chi connectivity index (χ4v) is 4.28. The summed E-state index contributed by atoms with van der Waals surface area (Å²) in [6.45, 7) is 3.93. The summed E-state index contributed by atoms with van der Waals surface area (Å²) in [6, 6.07) is 9.58. The lowest BCUT2D eigenvalue weighted by Gasteiger charge is -2.50. The number of hydrogen-bond donors (Lipinski definition) is 1. The molecule has 1 aromatic carbocycles. The van der Waals surface area contributed by atoms with E-state index < -0.39 is 5.95 Å². The molecule has 5 nitrogen and oxygen atoms in total. The molecule has 4 aliphatic heterocycles. The topological polar surface area (TPSA) is 49.8 Å². The molecule has 3 fully saturated rings. The number of nitrogens with one attached hydrogen (secondary N) is 1. The molecule has 0 radical (unpaired) electrons. The molecule has 0 aliphatic carbocycles. The molecule has 2 aromatic rings. The Bertz CT molecular complexity index is 831. The number of piperidine rings is 3. The molecule has 1 aromatic heterocycles. The molecule has 3 saturated heterocycles. The first-order valence-electron chi connectivity index (χ1n) is 8.50. The zero-order valence-electron chi connectivity index (χ0n) is 13.3. The van der Waals surface area contributed by atoms with E-state index in [2.05, 4.69) is 20.2 Å². The van der Waals surface area contributed by atoms with Gasteiger partial charge in [0, 0.05) is 17.8 Å². The maximum Gasteiger partial charge on any atom is 0.291 e. The van der Waals surface area contributed by atoms with Gasteiger partial charge in [0.1, 0.15) is 11.4 Å². The molecule has 4 aliphatic rings. The van der Waals surface area contributed by atoms with Gasteiger partial charge in [-0.05, 0) is 43.5 Å². The summed E-state index contributed by atoms with van der Waals surface area (Å²) in [5, 5.41) is 4.39. The summed E-state index contributed by atoms with van der Waals surface area (Å²) in [5.41, 5.74) is -0.200. The maximum atomic E-state index is 14.2. The second kappa shape index (κ2) is 5.14. The number of aromatic nitrogens is 1. The van der Waals surface area contributed by atoms with Crippen LogP contribution in [0.4, 0.5) is 10.2 Å². The van der Waals surface area contributed by atoms with Gasteiger partial charge in [-0.1, -0.05) is 18.2 Å². The highest BCUT2D eigenvalue weighted by atomic mass is 19.1. The molecule has 124 valence electrons. The van der Waals surface area contributed by atoms with Gasteiger partial charge in [0.2, 0.25) is 5.95 Å². The lowest BCUT2D eigenvalue weighted by atomic mass is 9.75. The van der Waals surface area contributed by atoms with Crippen molar-refractivity contribution in [2.45, 2.75) is 18.4 Å². The summed E-state index contributed by atoms with van der Waals surface area (Å²) in [7, 11) is 0. The number of anilines is 1. The smallest absolute Gasteiger partial charge is 0.291 e. The minimum atomic E-state index is -0.480. The molecule has 6 rings (SSSR count). The van der Waals surface area contributed by atoms with Gasteiger partial charge < -0.3 is 4.74 Å². The molecule has 0 saturated carbocycles. The second-order valence-electron chi connectivity index (χ2n) is 6.98. The third-order valence-electron chi connectivity index (χ3n) is 5.54. The van der Waals surface area contributed by atoms with Crippen LogP contribution in [0.1, 0.15) is 12.8 Å². The minimum Gasteiger partial charge on any atom is -0.455 e. The van der Waals surface area contributed by atoms with Crippen molar-refractivity contribution in [3.63, 3.8) is 0 Å². The fraction of sp³-hybridized carbons (Fsp3) is 0.444. The van der Waals surface area contributed by atoms with Crippen molar-refractivity contribution < 1.29 is 9.13 Å². The largest absolute Gasteiger partial charge is 0.455 e. The molecule has 5 heterocycles. The molecule has 1 atom stereocenters. The van der Waals surface area contributed by atoms with Gasteiger partial charge in [0.25, 0.3) is 6.02 Å². The van der Waals surface area contributed by atoms with Gasteiger partial charge in [0.15, 0.2) is 0 Å². The Labute approximate surface area is 139 Å². The van der Waals surface area contributed by atoms with E-state index in [0.717, 1.165) is 25.0 Å². The predicted octanol–water partition coefficient (Wildman–Crippen LogP) is 2.64. The molecule has 1 spiro atoms. The quantitative estimate of drug-likeness (QED) is 0.819. The number of hydrogen-bond acceptors (Lipinski definition) is 5. The molecular formula is C18H19FN4O. The molecule has 1 N–H and O–H groups in total. The molecule has 24 heavy (non-hydrogen) atoms. The van der Waals surface area contributed by atoms with Crippen LogP contribution < -0.4 is 5.32 Å². The van der Waals surface area contributed by atoms with Crippen molar-refractivity contribution in [1.29, 1.82) is 0 Å². The minimum absolute atomic E-state index is 0.200. The monoisotopic (exact) mass is 326 g/mol. The van der Waals surface area contributed by atoms with Crippen LogP contribution in [0.3, 0.4) is 0 Å². The Morgan fingerprint density at radius 2 is 2.08 bits per heavy atom. The average Bonchev–Trinajstić information content (AvgIpc) is 2.98. The maximum absolute atomic E-state index is 14.2. The number of amidine groups is 1. The highest BCUT2D eigenvalue weighted by molar-refractivity contribution is 5.92. The number of pyridine rings is 1. The number of benzene rings is 1. The van der Waals surface area contributed by atoms with E-state index in [0.29, 0.717) is 29.7 Å². The van der Waals surface area contributed by atoms with Gasteiger partial charge in [-0.15, -0.1) is 0 Å². The van der Waals surface area contributed by atoms with E-state index in [4.69, 9.17) is 4.74 Å². The third kappa shape index (κ3) is 2.17. The number of nitrogens with zero attached hydrogens (tertiary/aromatic N) is 3. The van der Waals surface area contributed by atoms with E-state index in [1.807, 2.05) is 24.3 Å². The predicted molar refractivity (Wildman–Crippen MR) is 90.6 cm³/mol. The van der Waals surface area contributed by atoms with Crippen LogP contribution >= 0.6 is 0 Å². The molecule has 0 unspecified atom stereocenters. The highest BCUT2D eigenvalue weighted by Crippen LogP contribution is 2.40. The summed E-state index contributed by atoms with van der Waals surface area (Å²) in [5.74, 6) is 0.516. The summed E-state index contributed by atoms with van der Waals surface area (Å²) in [4.78, 5) is 11.0. The third-order valence-corrected chi connectivity index (χ3v) is 5.54. The lowest BCUT2D eigenvalue weighted by molar-refractivity contribution is -0.0829. The van der Waals surface area contributed by atoms with E-state index >= 15 is 0 Å². The van der Waals surface area contributed by atoms with Crippen LogP contribution in [-0.2, 0) is 4.74 Å². The van der Waals surface area contributed by atoms with Crippen LogP contribution in [0.15, 0.2) is 35.3 Å². The number of halogens is 1. The van der Waals surface area contributed by atoms with Crippen LogP contribution in [-0.4, -0.2) is 47.7 Å². The van der Waals surface area contributed by atoms with Gasteiger partial charge in [-0.3, -0.25) is 10.2 Å². The van der Waals surface area contributed by atoms with Crippen LogP contribution in [0.2, 0.25) is 0 Å². The highest BCUT2D eigenvalue weighted by Gasteiger charge is 2.51. The number of ether oxygens (including phenoxy) is 1. The van der Waals surface area contributed by atoms with Crippen molar-refractivity contribution >= 4 is 22.6 Å². The first-order chi connectivity index (χ1) is 11.7. The Morgan fingerprint density at radius 1 is 1.25 bits per heavy atom. The molecular weight excluding hydrogens is 307 g/mol. The standard InChI is InChI=1S/C18H19FN4O/c19-16-14-4-2-1-3-12(14)9-15(21-16)22-17-20-10-18(24-17)11-23-7-5-13(18)6-8-23/h1-4,9,13H,5-8,10-11H2,(H,20,21,22)/t18-/m0/s1. The van der Waals surface area contributed by atoms with E-state index in [-0.39, 0.29) is 5.60 Å². The van der Waals surface area contributed by atoms with Gasteiger partial charge in [0.05, 0.1) is 6.54 Å². The van der Waals surface area contributed by atoms with Crippen molar-refractivity contribution in [2.75, 3.05) is 31.5 Å². The normalized spacial score (nSPS) is 31.3. The number of rotatable bonds is 1. The van der Waals surface area contributed by atoms with E-state index in [1.165, 1.54) is 12.8 Å². The first kappa shape index (κ1) is 14.2. The SMILES string of the molecule is Fc1nc(NC2=NC[C@@]3(CN4CCC3CC4)O2)cc2ccccc12. The fourth-order valence-electron chi connectivity index (χ4n) is 4.28. The van der Waals surface area contributed by atoms with Gasteiger partial charge in [-0.2, -0.15) is 4.39 Å². The summed E-state index contributed by atoms with van der Waals surface area (Å²) in [6.07, 6.45) is 2.34. The van der Waals surface area contributed by atoms with Gasteiger partial charge in [-0.25, -0.2) is 9.98 Å². The first-order valence-corrected chi connectivity index (χ1v) is 8.50. The Morgan fingerprint density at radius 3 is 2.88 bits per heavy atom. The van der Waals surface area contributed by atoms with E-state index in [9.17, 15) is 4.39 Å². The number of aliphatic imine (C=N–C) groups is 1. The zero-order valence-corrected chi connectivity index (χ0v) is 13.3. The van der Waals surface area contributed by atoms with Crippen LogP contribution in [0, 0.1) is 11.9 Å². The Balaban J connectivity index is 1.38. The summed E-state index contributed by atoms with van der Waals surface area (Å²) < 4.78 is 20.4. The van der Waals surface area contributed by atoms with Crippen molar-refractivity contribution in [3.8, 4) is 0 Å². The Kier molecular flexibility index (Phi) is 3.03.